The predicted octanol–water partition coefficient (Wildman–Crippen LogP) is 2.63. The van der Waals surface area contributed by atoms with Crippen LogP contribution in [0.25, 0.3) is 21.3 Å². The van der Waals surface area contributed by atoms with Crippen molar-refractivity contribution >= 4 is 44.4 Å². The molecular weight excluding hydrogens is 468 g/mol. The number of carbonyl (C=O) groups excluding carboxylic acids is 1. The SMILES string of the molecule is CNc1nc2ccccc2n1Cc1sc2c(c1C(=O)N1CCCO1)c(=O)n(C)c(=O)n2CC(C)C. The third-order valence-electron chi connectivity index (χ3n) is 6.16. The van der Waals surface area contributed by atoms with E-state index in [1.807, 2.05) is 42.7 Å². The quantitative estimate of drug-likeness (QED) is 0.440. The van der Waals surface area contributed by atoms with Crippen LogP contribution in [-0.2, 0) is 25.0 Å². The maximum Gasteiger partial charge on any atom is 0.331 e. The van der Waals surface area contributed by atoms with E-state index in [1.54, 1.807) is 11.6 Å². The molecule has 10 nitrogen and oxygen atoms in total. The van der Waals surface area contributed by atoms with Gasteiger partial charge in [0.2, 0.25) is 5.95 Å². The zero-order valence-electron chi connectivity index (χ0n) is 20.2. The summed E-state index contributed by atoms with van der Waals surface area (Å²) in [5.41, 5.74) is 1.16. The largest absolute Gasteiger partial charge is 0.359 e. The highest BCUT2D eigenvalue weighted by Gasteiger charge is 2.31. The van der Waals surface area contributed by atoms with Crippen LogP contribution < -0.4 is 16.6 Å². The molecule has 184 valence electrons. The first-order valence-corrected chi connectivity index (χ1v) is 12.5. The van der Waals surface area contributed by atoms with Gasteiger partial charge in [-0.1, -0.05) is 26.0 Å². The molecule has 1 aliphatic heterocycles. The fraction of sp³-hybridized carbons (Fsp3) is 0.417. The summed E-state index contributed by atoms with van der Waals surface area (Å²) in [5.74, 6) is 0.464. The summed E-state index contributed by atoms with van der Waals surface area (Å²) in [6, 6.07) is 7.75. The Labute approximate surface area is 205 Å². The second-order valence-electron chi connectivity index (χ2n) is 9.09. The topological polar surface area (TPSA) is 103 Å². The molecule has 1 aliphatic rings. The second-order valence-corrected chi connectivity index (χ2v) is 10.2. The number of hydroxylamine groups is 2. The Morgan fingerprint density at radius 2 is 2.00 bits per heavy atom. The van der Waals surface area contributed by atoms with Crippen molar-refractivity contribution in [3.8, 4) is 0 Å². The number of carbonyl (C=O) groups is 1. The number of imidazole rings is 1. The Balaban J connectivity index is 1.80. The van der Waals surface area contributed by atoms with Gasteiger partial charge in [0.25, 0.3) is 11.5 Å². The number of aromatic nitrogens is 4. The standard InChI is InChI=1S/C24H28N6O4S/c1-14(2)12-29-22-19(20(31)27(4)24(29)33)18(21(32)30-10-7-11-34-30)17(35-22)13-28-16-9-6-5-8-15(16)26-23(28)25-3/h5-6,8-9,14H,7,10-13H2,1-4H3,(H,25,26). The molecule has 0 unspecified atom stereocenters. The van der Waals surface area contributed by atoms with Gasteiger partial charge in [-0.2, -0.15) is 0 Å². The van der Waals surface area contributed by atoms with Gasteiger partial charge in [-0.15, -0.1) is 11.3 Å². The number of benzene rings is 1. The monoisotopic (exact) mass is 496 g/mol. The van der Waals surface area contributed by atoms with Crippen LogP contribution in [0, 0.1) is 5.92 Å². The smallest absolute Gasteiger partial charge is 0.331 e. The minimum Gasteiger partial charge on any atom is -0.359 e. The van der Waals surface area contributed by atoms with E-state index in [4.69, 9.17) is 4.84 Å². The molecule has 0 saturated carbocycles. The highest BCUT2D eigenvalue weighted by molar-refractivity contribution is 7.19. The Bertz CT molecular complexity index is 1550. The molecule has 1 N–H and O–H groups in total. The minimum absolute atomic E-state index is 0.175. The van der Waals surface area contributed by atoms with Crippen LogP contribution in [0.4, 0.5) is 5.95 Å². The highest BCUT2D eigenvalue weighted by atomic mass is 32.1. The average Bonchev–Trinajstić information content (AvgIpc) is 3.58. The highest BCUT2D eigenvalue weighted by Crippen LogP contribution is 2.33. The van der Waals surface area contributed by atoms with E-state index in [-0.39, 0.29) is 22.9 Å². The van der Waals surface area contributed by atoms with Crippen molar-refractivity contribution in [2.45, 2.75) is 33.4 Å². The van der Waals surface area contributed by atoms with E-state index in [9.17, 15) is 14.4 Å². The zero-order chi connectivity index (χ0) is 24.9. The summed E-state index contributed by atoms with van der Waals surface area (Å²) in [4.78, 5) is 51.6. The summed E-state index contributed by atoms with van der Waals surface area (Å²) in [7, 11) is 3.25. The van der Waals surface area contributed by atoms with E-state index >= 15 is 0 Å². The van der Waals surface area contributed by atoms with Gasteiger partial charge in [-0.25, -0.2) is 14.8 Å². The fourth-order valence-corrected chi connectivity index (χ4v) is 5.81. The summed E-state index contributed by atoms with van der Waals surface area (Å²) < 4.78 is 4.69. The fourth-order valence-electron chi connectivity index (χ4n) is 4.54. The van der Waals surface area contributed by atoms with Crippen LogP contribution in [-0.4, -0.2) is 49.9 Å². The molecule has 4 aromatic rings. The summed E-state index contributed by atoms with van der Waals surface area (Å²) in [5, 5.41) is 4.72. The van der Waals surface area contributed by atoms with E-state index in [1.165, 1.54) is 23.4 Å². The van der Waals surface area contributed by atoms with Crippen LogP contribution in [0.2, 0.25) is 0 Å². The van der Waals surface area contributed by atoms with Gasteiger partial charge in [0.1, 0.15) is 4.83 Å². The number of hydrogen-bond donors (Lipinski definition) is 1. The van der Waals surface area contributed by atoms with E-state index in [2.05, 4.69) is 10.3 Å². The predicted molar refractivity (Wildman–Crippen MR) is 136 cm³/mol. The van der Waals surface area contributed by atoms with Gasteiger partial charge >= 0.3 is 5.69 Å². The van der Waals surface area contributed by atoms with E-state index < -0.39 is 5.56 Å². The molecule has 5 rings (SSSR count). The third-order valence-corrected chi connectivity index (χ3v) is 7.36. The normalized spacial score (nSPS) is 14.0. The number of nitrogens with zero attached hydrogens (tertiary/aromatic N) is 5. The number of para-hydroxylation sites is 2. The average molecular weight is 497 g/mol. The van der Waals surface area contributed by atoms with Crippen molar-refractivity contribution in [3.63, 3.8) is 0 Å². The molecule has 4 heterocycles. The third kappa shape index (κ3) is 3.84. The van der Waals surface area contributed by atoms with Crippen LogP contribution >= 0.6 is 11.3 Å². The summed E-state index contributed by atoms with van der Waals surface area (Å²) >= 11 is 1.31. The zero-order valence-corrected chi connectivity index (χ0v) is 21.0. The second kappa shape index (κ2) is 8.97. The first kappa shape index (κ1) is 23.3. The first-order valence-electron chi connectivity index (χ1n) is 11.6. The van der Waals surface area contributed by atoms with Crippen molar-refractivity contribution in [2.75, 3.05) is 25.5 Å². The molecule has 0 atom stereocenters. The number of anilines is 1. The van der Waals surface area contributed by atoms with Gasteiger partial charge in [0.05, 0.1) is 41.7 Å². The van der Waals surface area contributed by atoms with Crippen LogP contribution in [0.15, 0.2) is 33.9 Å². The number of amides is 1. The van der Waals surface area contributed by atoms with Crippen molar-refractivity contribution in [1.82, 2.24) is 23.7 Å². The molecular formula is C24H28N6O4S. The number of hydrogen-bond acceptors (Lipinski definition) is 7. The van der Waals surface area contributed by atoms with E-state index in [0.717, 1.165) is 22.0 Å². The molecule has 0 aliphatic carbocycles. The van der Waals surface area contributed by atoms with E-state index in [0.29, 0.717) is 47.5 Å². The number of nitrogens with one attached hydrogen (secondary N) is 1. The molecule has 11 heteroatoms. The lowest BCUT2D eigenvalue weighted by atomic mass is 10.1. The van der Waals surface area contributed by atoms with Gasteiger partial charge in [-0.05, 0) is 24.5 Å². The number of fused-ring (bicyclic) bond motifs is 2. The summed E-state index contributed by atoms with van der Waals surface area (Å²) in [6.45, 7) is 5.68. The van der Waals surface area contributed by atoms with Crippen molar-refractivity contribution in [2.24, 2.45) is 13.0 Å². The van der Waals surface area contributed by atoms with Gasteiger partial charge in [-0.3, -0.25) is 23.6 Å². The minimum atomic E-state index is -0.473. The molecule has 0 bridgehead atoms. The number of thiophene rings is 1. The Morgan fingerprint density at radius 1 is 1.23 bits per heavy atom. The molecule has 0 radical (unpaired) electrons. The van der Waals surface area contributed by atoms with Crippen LogP contribution in [0.3, 0.4) is 0 Å². The maximum absolute atomic E-state index is 13.7. The van der Waals surface area contributed by atoms with Crippen molar-refractivity contribution in [1.29, 1.82) is 0 Å². The van der Waals surface area contributed by atoms with Gasteiger partial charge < -0.3 is 9.88 Å². The maximum atomic E-state index is 13.7. The Morgan fingerprint density at radius 3 is 2.69 bits per heavy atom. The first-order chi connectivity index (χ1) is 16.8. The number of rotatable bonds is 6. The Kier molecular flexibility index (Phi) is 5.97. The van der Waals surface area contributed by atoms with Crippen molar-refractivity contribution in [3.05, 3.63) is 55.5 Å². The molecule has 3 aromatic heterocycles. The van der Waals surface area contributed by atoms with Crippen LogP contribution in [0.5, 0.6) is 0 Å². The molecule has 1 aromatic carbocycles. The molecule has 1 saturated heterocycles. The van der Waals surface area contributed by atoms with Gasteiger partial charge in [0.15, 0.2) is 0 Å². The lowest BCUT2D eigenvalue weighted by Gasteiger charge is -2.16. The molecule has 1 amide bonds. The summed E-state index contributed by atoms with van der Waals surface area (Å²) in [6.07, 6.45) is 0.731. The molecule has 35 heavy (non-hydrogen) atoms. The molecule has 0 spiro atoms. The van der Waals surface area contributed by atoms with Crippen LogP contribution in [0.1, 0.15) is 35.5 Å². The van der Waals surface area contributed by atoms with Crippen molar-refractivity contribution < 1.29 is 9.63 Å². The lowest BCUT2D eigenvalue weighted by molar-refractivity contribution is -0.0767. The molecule has 1 fully saturated rings. The Hall–Kier alpha value is -3.44. The van der Waals surface area contributed by atoms with Gasteiger partial charge in [0, 0.05) is 25.5 Å². The lowest BCUT2D eigenvalue weighted by Crippen LogP contribution is -2.39.